The molecule has 0 fully saturated rings. The standard InChI is InChI=1S/C21H25N3O2/c1-14(2)26-19-10-7-17(8-11-19)6-5-15(3)23-21(25)20-12-9-18(13-22)16(4)24-20/h7-12,14-15H,5-6H2,1-4H3,(H,23,25). The zero-order chi connectivity index (χ0) is 19.1. The molecule has 0 saturated carbocycles. The van der Waals surface area contributed by atoms with E-state index in [0.717, 1.165) is 18.6 Å². The van der Waals surface area contributed by atoms with Gasteiger partial charge < -0.3 is 10.1 Å². The highest BCUT2D eigenvalue weighted by Crippen LogP contribution is 2.15. The smallest absolute Gasteiger partial charge is 0.270 e. The fraction of sp³-hybridized carbons (Fsp3) is 0.381. The number of nitrogens with one attached hydrogen (secondary N) is 1. The predicted molar refractivity (Wildman–Crippen MR) is 101 cm³/mol. The highest BCUT2D eigenvalue weighted by Gasteiger charge is 2.12. The zero-order valence-corrected chi connectivity index (χ0v) is 15.7. The number of aryl methyl sites for hydroxylation is 2. The molecule has 2 aromatic rings. The van der Waals surface area contributed by atoms with Gasteiger partial charge >= 0.3 is 0 Å². The van der Waals surface area contributed by atoms with Crippen LogP contribution in [0, 0.1) is 18.3 Å². The minimum atomic E-state index is -0.217. The van der Waals surface area contributed by atoms with E-state index in [0.29, 0.717) is 17.0 Å². The first-order valence-electron chi connectivity index (χ1n) is 8.83. The van der Waals surface area contributed by atoms with E-state index in [-0.39, 0.29) is 18.1 Å². The minimum Gasteiger partial charge on any atom is -0.491 e. The van der Waals surface area contributed by atoms with E-state index in [1.807, 2.05) is 32.9 Å². The largest absolute Gasteiger partial charge is 0.491 e. The molecule has 0 radical (unpaired) electrons. The lowest BCUT2D eigenvalue weighted by Gasteiger charge is -2.14. The number of benzene rings is 1. The summed E-state index contributed by atoms with van der Waals surface area (Å²) in [6.45, 7) is 7.71. The number of hydrogen-bond acceptors (Lipinski definition) is 4. The van der Waals surface area contributed by atoms with E-state index in [1.54, 1.807) is 19.1 Å². The van der Waals surface area contributed by atoms with E-state index in [2.05, 4.69) is 28.5 Å². The summed E-state index contributed by atoms with van der Waals surface area (Å²) >= 11 is 0. The molecule has 0 aliphatic heterocycles. The van der Waals surface area contributed by atoms with Gasteiger partial charge in [-0.05, 0) is 70.4 Å². The van der Waals surface area contributed by atoms with Crippen LogP contribution in [0.5, 0.6) is 5.75 Å². The average Bonchev–Trinajstić information content (AvgIpc) is 2.60. The molecule has 0 bridgehead atoms. The van der Waals surface area contributed by atoms with Crippen LogP contribution in [0.4, 0.5) is 0 Å². The quantitative estimate of drug-likeness (QED) is 0.823. The van der Waals surface area contributed by atoms with E-state index in [4.69, 9.17) is 10.00 Å². The Morgan fingerprint density at radius 2 is 1.88 bits per heavy atom. The van der Waals surface area contributed by atoms with Gasteiger partial charge in [-0.1, -0.05) is 12.1 Å². The van der Waals surface area contributed by atoms with Crippen LogP contribution in [0.25, 0.3) is 0 Å². The summed E-state index contributed by atoms with van der Waals surface area (Å²) in [6.07, 6.45) is 1.85. The Morgan fingerprint density at radius 3 is 2.46 bits per heavy atom. The fourth-order valence-electron chi connectivity index (χ4n) is 2.57. The van der Waals surface area contributed by atoms with Crippen molar-refractivity contribution < 1.29 is 9.53 Å². The Labute approximate surface area is 155 Å². The summed E-state index contributed by atoms with van der Waals surface area (Å²) in [5.74, 6) is 0.651. The molecule has 1 unspecified atom stereocenters. The summed E-state index contributed by atoms with van der Waals surface area (Å²) in [4.78, 5) is 16.5. The third kappa shape index (κ3) is 5.59. The molecular formula is C21H25N3O2. The maximum atomic E-state index is 12.3. The van der Waals surface area contributed by atoms with Gasteiger partial charge in [0.05, 0.1) is 17.4 Å². The Balaban J connectivity index is 1.86. The van der Waals surface area contributed by atoms with Crippen LogP contribution in [0.1, 0.15) is 54.5 Å². The maximum Gasteiger partial charge on any atom is 0.270 e. The second-order valence-electron chi connectivity index (χ2n) is 6.67. The van der Waals surface area contributed by atoms with Crippen LogP contribution in [-0.4, -0.2) is 23.0 Å². The van der Waals surface area contributed by atoms with Crippen molar-refractivity contribution in [3.05, 3.63) is 58.9 Å². The lowest BCUT2D eigenvalue weighted by Crippen LogP contribution is -2.33. The molecule has 0 spiro atoms. The van der Waals surface area contributed by atoms with E-state index < -0.39 is 0 Å². The van der Waals surface area contributed by atoms with Gasteiger partial charge in [-0.15, -0.1) is 0 Å². The number of pyridine rings is 1. The number of nitrogens with zero attached hydrogens (tertiary/aromatic N) is 2. The molecule has 0 saturated heterocycles. The van der Waals surface area contributed by atoms with Gasteiger partial charge in [0.2, 0.25) is 0 Å². The number of hydrogen-bond donors (Lipinski definition) is 1. The van der Waals surface area contributed by atoms with Crippen molar-refractivity contribution in [3.63, 3.8) is 0 Å². The summed E-state index contributed by atoms with van der Waals surface area (Å²) in [5, 5.41) is 11.9. The van der Waals surface area contributed by atoms with Crippen LogP contribution < -0.4 is 10.1 Å². The average molecular weight is 351 g/mol. The van der Waals surface area contributed by atoms with Gasteiger partial charge in [-0.2, -0.15) is 5.26 Å². The van der Waals surface area contributed by atoms with Gasteiger partial charge in [-0.3, -0.25) is 4.79 Å². The molecule has 1 atom stereocenters. The highest BCUT2D eigenvalue weighted by atomic mass is 16.5. The van der Waals surface area contributed by atoms with Crippen LogP contribution >= 0.6 is 0 Å². The van der Waals surface area contributed by atoms with Gasteiger partial charge in [0.25, 0.3) is 5.91 Å². The molecule has 0 aliphatic rings. The monoisotopic (exact) mass is 351 g/mol. The first kappa shape index (κ1) is 19.5. The Bertz CT molecular complexity index is 792. The number of carbonyl (C=O) groups is 1. The number of aromatic nitrogens is 1. The fourth-order valence-corrected chi connectivity index (χ4v) is 2.57. The van der Waals surface area contributed by atoms with Crippen LogP contribution in [0.15, 0.2) is 36.4 Å². The molecule has 2 rings (SSSR count). The molecule has 5 heteroatoms. The molecule has 1 aromatic carbocycles. The summed E-state index contributed by atoms with van der Waals surface area (Å²) in [6, 6.07) is 13.3. The normalized spacial score (nSPS) is 11.7. The maximum absolute atomic E-state index is 12.3. The molecule has 0 aliphatic carbocycles. The van der Waals surface area contributed by atoms with Crippen molar-refractivity contribution in [1.82, 2.24) is 10.3 Å². The molecule has 1 heterocycles. The number of ether oxygens (including phenoxy) is 1. The number of nitriles is 1. The van der Waals surface area contributed by atoms with Crippen molar-refractivity contribution in [1.29, 1.82) is 5.26 Å². The molecule has 1 amide bonds. The number of carbonyl (C=O) groups excluding carboxylic acids is 1. The van der Waals surface area contributed by atoms with Crippen molar-refractivity contribution >= 4 is 5.91 Å². The predicted octanol–water partition coefficient (Wildman–Crippen LogP) is 3.80. The SMILES string of the molecule is Cc1nc(C(=O)NC(C)CCc2ccc(OC(C)C)cc2)ccc1C#N. The molecular weight excluding hydrogens is 326 g/mol. The summed E-state index contributed by atoms with van der Waals surface area (Å²) < 4.78 is 5.64. The minimum absolute atomic E-state index is 0.0202. The molecule has 136 valence electrons. The van der Waals surface area contributed by atoms with Crippen molar-refractivity contribution in [3.8, 4) is 11.8 Å². The molecule has 1 aromatic heterocycles. The van der Waals surface area contributed by atoms with Gasteiger partial charge in [0.1, 0.15) is 17.5 Å². The highest BCUT2D eigenvalue weighted by molar-refractivity contribution is 5.92. The Hall–Kier alpha value is -2.87. The van der Waals surface area contributed by atoms with Gasteiger partial charge in [0.15, 0.2) is 0 Å². The van der Waals surface area contributed by atoms with Crippen molar-refractivity contribution in [2.75, 3.05) is 0 Å². The third-order valence-corrected chi connectivity index (χ3v) is 3.98. The zero-order valence-electron chi connectivity index (χ0n) is 15.7. The summed E-state index contributed by atoms with van der Waals surface area (Å²) in [5.41, 5.74) is 2.59. The Kier molecular flexibility index (Phi) is 6.74. The lowest BCUT2D eigenvalue weighted by molar-refractivity contribution is 0.0933. The lowest BCUT2D eigenvalue weighted by atomic mass is 10.1. The first-order valence-corrected chi connectivity index (χ1v) is 8.83. The number of amides is 1. The van der Waals surface area contributed by atoms with E-state index in [1.165, 1.54) is 5.56 Å². The van der Waals surface area contributed by atoms with Crippen LogP contribution in [0.3, 0.4) is 0 Å². The van der Waals surface area contributed by atoms with Gasteiger partial charge in [-0.25, -0.2) is 4.98 Å². The van der Waals surface area contributed by atoms with Crippen LogP contribution in [0.2, 0.25) is 0 Å². The first-order chi connectivity index (χ1) is 12.4. The summed E-state index contributed by atoms with van der Waals surface area (Å²) in [7, 11) is 0. The van der Waals surface area contributed by atoms with E-state index >= 15 is 0 Å². The van der Waals surface area contributed by atoms with Gasteiger partial charge in [0, 0.05) is 6.04 Å². The molecule has 1 N–H and O–H groups in total. The molecule has 5 nitrogen and oxygen atoms in total. The van der Waals surface area contributed by atoms with Crippen LogP contribution in [-0.2, 0) is 6.42 Å². The van der Waals surface area contributed by atoms with Crippen molar-refractivity contribution in [2.45, 2.75) is 52.7 Å². The third-order valence-electron chi connectivity index (χ3n) is 3.98. The second kappa shape index (κ2) is 9.00. The topological polar surface area (TPSA) is 75.0 Å². The molecule has 26 heavy (non-hydrogen) atoms. The van der Waals surface area contributed by atoms with Crippen molar-refractivity contribution in [2.24, 2.45) is 0 Å². The Morgan fingerprint density at radius 1 is 1.19 bits per heavy atom. The van der Waals surface area contributed by atoms with E-state index in [9.17, 15) is 4.79 Å². The number of rotatable bonds is 7. The second-order valence-corrected chi connectivity index (χ2v) is 6.67.